The molecule has 0 radical (unpaired) electrons. The Bertz CT molecular complexity index is 541. The Morgan fingerprint density at radius 2 is 2.04 bits per heavy atom. The molecular formula is C16H21F3N2O2. The molecule has 1 aromatic rings. The van der Waals surface area contributed by atoms with Crippen LogP contribution in [-0.4, -0.2) is 39.3 Å². The van der Waals surface area contributed by atoms with Crippen LogP contribution in [-0.2, 0) is 10.9 Å². The highest BCUT2D eigenvalue weighted by molar-refractivity contribution is 5.94. The summed E-state index contributed by atoms with van der Waals surface area (Å²) in [6, 6.07) is 3.64. The molecule has 1 aliphatic rings. The van der Waals surface area contributed by atoms with Gasteiger partial charge in [0.1, 0.15) is 0 Å². The van der Waals surface area contributed by atoms with Gasteiger partial charge in [-0.25, -0.2) is 0 Å². The molecule has 128 valence electrons. The van der Waals surface area contributed by atoms with Crippen molar-refractivity contribution in [2.45, 2.75) is 24.9 Å². The van der Waals surface area contributed by atoms with E-state index in [4.69, 9.17) is 4.74 Å². The molecule has 0 spiro atoms. The second kappa shape index (κ2) is 7.79. The third-order valence-electron chi connectivity index (χ3n) is 3.99. The average molecular weight is 330 g/mol. The summed E-state index contributed by atoms with van der Waals surface area (Å²) in [6.07, 6.45) is -3.14. The molecule has 0 aromatic heterocycles. The number of carbonyl (C=O) groups is 1. The normalized spacial score (nSPS) is 16.3. The van der Waals surface area contributed by atoms with Crippen LogP contribution in [0.2, 0.25) is 0 Å². The van der Waals surface area contributed by atoms with Crippen molar-refractivity contribution >= 4 is 5.91 Å². The molecule has 7 heteroatoms. The standard InChI is InChI=1S/C16H21F3N2O2/c1-23-9-8-21-15(22)12-2-3-14(16(17,18)19)13(10-12)11-4-6-20-7-5-11/h2-3,10-11,20H,4-9H2,1H3,(H,21,22). The summed E-state index contributed by atoms with van der Waals surface area (Å²) in [7, 11) is 1.51. The number of hydrogen-bond donors (Lipinski definition) is 2. The topological polar surface area (TPSA) is 50.4 Å². The van der Waals surface area contributed by atoms with Gasteiger partial charge in [-0.15, -0.1) is 0 Å². The summed E-state index contributed by atoms with van der Waals surface area (Å²) >= 11 is 0. The smallest absolute Gasteiger partial charge is 0.383 e. The fourth-order valence-electron chi connectivity index (χ4n) is 2.80. The van der Waals surface area contributed by atoms with Gasteiger partial charge in [-0.3, -0.25) is 4.79 Å². The third kappa shape index (κ3) is 4.68. The highest BCUT2D eigenvalue weighted by atomic mass is 19.4. The van der Waals surface area contributed by atoms with Crippen molar-refractivity contribution in [3.8, 4) is 0 Å². The van der Waals surface area contributed by atoms with E-state index in [0.717, 1.165) is 6.07 Å². The Hall–Kier alpha value is -1.60. The van der Waals surface area contributed by atoms with Gasteiger partial charge in [-0.05, 0) is 55.6 Å². The minimum absolute atomic E-state index is 0.181. The zero-order chi connectivity index (χ0) is 16.9. The van der Waals surface area contributed by atoms with Gasteiger partial charge in [0.15, 0.2) is 0 Å². The molecular weight excluding hydrogens is 309 g/mol. The summed E-state index contributed by atoms with van der Waals surface area (Å²) in [6.45, 7) is 2.05. The van der Waals surface area contributed by atoms with E-state index in [0.29, 0.717) is 39.1 Å². The number of hydrogen-bond acceptors (Lipinski definition) is 3. The first-order chi connectivity index (χ1) is 10.9. The molecule has 4 nitrogen and oxygen atoms in total. The molecule has 0 aliphatic carbocycles. The molecule has 0 unspecified atom stereocenters. The fourth-order valence-corrected chi connectivity index (χ4v) is 2.80. The first-order valence-electron chi connectivity index (χ1n) is 7.62. The SMILES string of the molecule is COCCNC(=O)c1ccc(C(F)(F)F)c(C2CCNCC2)c1. The maximum absolute atomic E-state index is 13.3. The molecule has 1 heterocycles. The Morgan fingerprint density at radius 1 is 1.35 bits per heavy atom. The maximum atomic E-state index is 13.3. The molecule has 1 aromatic carbocycles. The Morgan fingerprint density at radius 3 is 2.65 bits per heavy atom. The molecule has 2 rings (SSSR count). The third-order valence-corrected chi connectivity index (χ3v) is 3.99. The van der Waals surface area contributed by atoms with Gasteiger partial charge in [-0.2, -0.15) is 13.2 Å². The minimum atomic E-state index is -4.41. The number of halogens is 3. The zero-order valence-corrected chi connectivity index (χ0v) is 13.0. The summed E-state index contributed by atoms with van der Waals surface area (Å²) < 4.78 is 44.6. The monoisotopic (exact) mass is 330 g/mol. The second-order valence-corrected chi connectivity index (χ2v) is 5.57. The van der Waals surface area contributed by atoms with Gasteiger partial charge in [-0.1, -0.05) is 0 Å². The lowest BCUT2D eigenvalue weighted by atomic mass is 9.85. The van der Waals surface area contributed by atoms with Gasteiger partial charge in [0, 0.05) is 19.2 Å². The lowest BCUT2D eigenvalue weighted by Crippen LogP contribution is -2.29. The van der Waals surface area contributed by atoms with Gasteiger partial charge >= 0.3 is 6.18 Å². The molecule has 1 amide bonds. The Labute approximate surface area is 133 Å². The highest BCUT2D eigenvalue weighted by Gasteiger charge is 2.35. The minimum Gasteiger partial charge on any atom is -0.383 e. The van der Waals surface area contributed by atoms with Crippen LogP contribution in [0, 0.1) is 0 Å². The maximum Gasteiger partial charge on any atom is 0.416 e. The van der Waals surface area contributed by atoms with Crippen LogP contribution in [0.25, 0.3) is 0 Å². The first-order valence-corrected chi connectivity index (χ1v) is 7.62. The number of rotatable bonds is 5. The lowest BCUT2D eigenvalue weighted by Gasteiger charge is -2.26. The molecule has 1 aliphatic heterocycles. The van der Waals surface area contributed by atoms with Crippen LogP contribution < -0.4 is 10.6 Å². The van der Waals surface area contributed by atoms with Gasteiger partial charge in [0.25, 0.3) is 5.91 Å². The lowest BCUT2D eigenvalue weighted by molar-refractivity contribution is -0.138. The van der Waals surface area contributed by atoms with Crippen LogP contribution in [0.15, 0.2) is 18.2 Å². The van der Waals surface area contributed by atoms with Crippen LogP contribution in [0.5, 0.6) is 0 Å². The first kappa shape index (κ1) is 17.7. The van der Waals surface area contributed by atoms with Crippen molar-refractivity contribution in [1.82, 2.24) is 10.6 Å². The van der Waals surface area contributed by atoms with E-state index in [1.165, 1.54) is 19.2 Å². The van der Waals surface area contributed by atoms with E-state index < -0.39 is 11.7 Å². The summed E-state index contributed by atoms with van der Waals surface area (Å²) in [5, 5.41) is 5.77. The van der Waals surface area contributed by atoms with Gasteiger partial charge in [0.2, 0.25) is 0 Å². The number of nitrogens with one attached hydrogen (secondary N) is 2. The molecule has 1 saturated heterocycles. The number of benzene rings is 1. The highest BCUT2D eigenvalue weighted by Crippen LogP contribution is 2.38. The molecule has 1 fully saturated rings. The quantitative estimate of drug-likeness (QED) is 0.816. The van der Waals surface area contributed by atoms with Crippen molar-refractivity contribution in [3.63, 3.8) is 0 Å². The zero-order valence-electron chi connectivity index (χ0n) is 13.0. The van der Waals surface area contributed by atoms with Crippen LogP contribution in [0.4, 0.5) is 13.2 Å². The molecule has 2 N–H and O–H groups in total. The van der Waals surface area contributed by atoms with E-state index in [9.17, 15) is 18.0 Å². The van der Waals surface area contributed by atoms with E-state index >= 15 is 0 Å². The number of alkyl halides is 3. The van der Waals surface area contributed by atoms with Crippen LogP contribution in [0.3, 0.4) is 0 Å². The van der Waals surface area contributed by atoms with E-state index in [2.05, 4.69) is 10.6 Å². The summed E-state index contributed by atoms with van der Waals surface area (Å²) in [4.78, 5) is 12.1. The van der Waals surface area contributed by atoms with E-state index in [1.54, 1.807) is 0 Å². The van der Waals surface area contributed by atoms with Crippen LogP contribution in [0.1, 0.15) is 40.2 Å². The van der Waals surface area contributed by atoms with Crippen molar-refractivity contribution in [3.05, 3.63) is 34.9 Å². The van der Waals surface area contributed by atoms with Crippen molar-refractivity contribution < 1.29 is 22.7 Å². The largest absolute Gasteiger partial charge is 0.416 e. The van der Waals surface area contributed by atoms with E-state index in [1.807, 2.05) is 0 Å². The second-order valence-electron chi connectivity index (χ2n) is 5.57. The van der Waals surface area contributed by atoms with Crippen molar-refractivity contribution in [1.29, 1.82) is 0 Å². The number of carbonyl (C=O) groups excluding carboxylic acids is 1. The molecule has 0 atom stereocenters. The van der Waals surface area contributed by atoms with E-state index in [-0.39, 0.29) is 23.0 Å². The predicted molar refractivity (Wildman–Crippen MR) is 80.5 cm³/mol. The molecule has 0 bridgehead atoms. The number of ether oxygens (including phenoxy) is 1. The summed E-state index contributed by atoms with van der Waals surface area (Å²) in [5.74, 6) is -0.564. The number of amides is 1. The number of methoxy groups -OCH3 is 1. The Balaban J connectivity index is 2.27. The van der Waals surface area contributed by atoms with Gasteiger partial charge < -0.3 is 15.4 Å². The fraction of sp³-hybridized carbons (Fsp3) is 0.562. The van der Waals surface area contributed by atoms with Gasteiger partial charge in [0.05, 0.1) is 12.2 Å². The molecule has 0 saturated carbocycles. The average Bonchev–Trinajstić information content (AvgIpc) is 2.54. The number of piperidine rings is 1. The molecule has 23 heavy (non-hydrogen) atoms. The van der Waals surface area contributed by atoms with Crippen molar-refractivity contribution in [2.75, 3.05) is 33.4 Å². The predicted octanol–water partition coefficient (Wildman–Crippen LogP) is 2.55. The summed E-state index contributed by atoms with van der Waals surface area (Å²) in [5.41, 5.74) is -0.168. The van der Waals surface area contributed by atoms with Crippen molar-refractivity contribution in [2.24, 2.45) is 0 Å². The Kier molecular flexibility index (Phi) is 6.01. The van der Waals surface area contributed by atoms with Crippen LogP contribution >= 0.6 is 0 Å².